The van der Waals surface area contributed by atoms with Crippen LogP contribution in [0.15, 0.2) is 48.5 Å². The van der Waals surface area contributed by atoms with Gasteiger partial charge in [-0.25, -0.2) is 4.39 Å². The topological polar surface area (TPSA) is 41.6 Å². The molecule has 0 spiro atoms. The van der Waals surface area contributed by atoms with E-state index in [1.165, 1.54) is 12.1 Å². The van der Waals surface area contributed by atoms with Crippen LogP contribution in [0.5, 0.6) is 5.75 Å². The molecule has 0 aromatic heterocycles. The van der Waals surface area contributed by atoms with Crippen LogP contribution in [0.2, 0.25) is 0 Å². The third-order valence-corrected chi connectivity index (χ3v) is 5.10. The van der Waals surface area contributed by atoms with Gasteiger partial charge < -0.3 is 15.0 Å². The normalized spacial score (nSPS) is 16.1. The molecule has 1 amide bonds. The van der Waals surface area contributed by atoms with Crippen LogP contribution < -0.4 is 10.1 Å². The predicted molar refractivity (Wildman–Crippen MR) is 111 cm³/mol. The number of hydrogen-bond acceptors (Lipinski definition) is 3. The van der Waals surface area contributed by atoms with E-state index >= 15 is 0 Å². The molecule has 1 N–H and O–H groups in total. The van der Waals surface area contributed by atoms with Gasteiger partial charge in [0.25, 0.3) is 0 Å². The maximum atomic E-state index is 13.2. The number of rotatable bonds is 7. The number of nitrogens with zero attached hydrogens (tertiary/aromatic N) is 1. The zero-order chi connectivity index (χ0) is 19.1. The smallest absolute Gasteiger partial charge is 0.227 e. The Balaban J connectivity index is 0.00000280. The van der Waals surface area contributed by atoms with Gasteiger partial charge in [-0.2, -0.15) is 0 Å². The van der Waals surface area contributed by atoms with Gasteiger partial charge in [-0.1, -0.05) is 30.3 Å². The van der Waals surface area contributed by atoms with E-state index in [-0.39, 0.29) is 30.0 Å². The van der Waals surface area contributed by atoms with Crippen LogP contribution in [-0.2, 0) is 17.8 Å². The highest BCUT2D eigenvalue weighted by atomic mass is 35.5. The minimum atomic E-state index is -0.242. The molecule has 0 aliphatic carbocycles. The summed E-state index contributed by atoms with van der Waals surface area (Å²) in [5, 5.41) is 3.32. The molecule has 152 valence electrons. The van der Waals surface area contributed by atoms with Gasteiger partial charge in [0.05, 0.1) is 13.0 Å². The first kappa shape index (κ1) is 22.2. The molecule has 3 rings (SSSR count). The van der Waals surface area contributed by atoms with Gasteiger partial charge >= 0.3 is 0 Å². The molecule has 1 heterocycles. The van der Waals surface area contributed by atoms with Crippen molar-refractivity contribution in [2.24, 2.45) is 5.92 Å². The number of carbonyl (C=O) groups excluding carboxylic acids is 1. The van der Waals surface area contributed by atoms with E-state index in [2.05, 4.69) is 5.32 Å². The molecule has 1 aliphatic heterocycles. The lowest BCUT2D eigenvalue weighted by atomic mass is 9.97. The van der Waals surface area contributed by atoms with E-state index in [9.17, 15) is 9.18 Å². The summed E-state index contributed by atoms with van der Waals surface area (Å²) < 4.78 is 18.6. The number of methoxy groups -OCH3 is 1. The monoisotopic (exact) mass is 406 g/mol. The third kappa shape index (κ3) is 5.94. The molecule has 1 saturated heterocycles. The van der Waals surface area contributed by atoms with Gasteiger partial charge in [-0.3, -0.25) is 4.79 Å². The second-order valence-electron chi connectivity index (χ2n) is 6.99. The lowest BCUT2D eigenvalue weighted by Crippen LogP contribution is -2.43. The van der Waals surface area contributed by atoms with E-state index in [4.69, 9.17) is 4.74 Å². The van der Waals surface area contributed by atoms with Crippen LogP contribution >= 0.6 is 12.4 Å². The summed E-state index contributed by atoms with van der Waals surface area (Å²) in [6, 6.07) is 14.3. The predicted octanol–water partition coefficient (Wildman–Crippen LogP) is 3.83. The Morgan fingerprint density at radius 2 is 1.96 bits per heavy atom. The maximum Gasteiger partial charge on any atom is 0.227 e. The number of piperidine rings is 1. The Morgan fingerprint density at radius 1 is 1.21 bits per heavy atom. The number of amides is 1. The first-order chi connectivity index (χ1) is 13.2. The van der Waals surface area contributed by atoms with Crippen molar-refractivity contribution in [2.45, 2.75) is 25.8 Å². The Labute approximate surface area is 172 Å². The Hall–Kier alpha value is -2.11. The van der Waals surface area contributed by atoms with Gasteiger partial charge in [-0.05, 0) is 49.6 Å². The van der Waals surface area contributed by atoms with Gasteiger partial charge in [0.15, 0.2) is 0 Å². The average molecular weight is 407 g/mol. The van der Waals surface area contributed by atoms with Gasteiger partial charge in [0, 0.05) is 25.2 Å². The minimum absolute atomic E-state index is 0. The molecular formula is C22H28ClFN2O2. The molecule has 2 aromatic carbocycles. The highest BCUT2D eigenvalue weighted by molar-refractivity contribution is 5.85. The lowest BCUT2D eigenvalue weighted by molar-refractivity contribution is -0.136. The lowest BCUT2D eigenvalue weighted by Gasteiger charge is -2.30. The zero-order valence-corrected chi connectivity index (χ0v) is 17.0. The van der Waals surface area contributed by atoms with Crippen LogP contribution in [0.4, 0.5) is 4.39 Å². The SMILES string of the molecule is COc1ccccc1CN(CCc1ccc(F)cc1)C(=O)C1CCCNC1.Cl. The van der Waals surface area contributed by atoms with Crippen molar-refractivity contribution in [1.82, 2.24) is 10.2 Å². The van der Waals surface area contributed by atoms with Crippen molar-refractivity contribution in [2.75, 3.05) is 26.7 Å². The van der Waals surface area contributed by atoms with Gasteiger partial charge in [-0.15, -0.1) is 12.4 Å². The van der Waals surface area contributed by atoms with Crippen molar-refractivity contribution >= 4 is 18.3 Å². The second-order valence-corrected chi connectivity index (χ2v) is 6.99. The average Bonchev–Trinajstić information content (AvgIpc) is 2.72. The number of para-hydroxylation sites is 1. The summed E-state index contributed by atoms with van der Waals surface area (Å²) in [5.74, 6) is 0.740. The second kappa shape index (κ2) is 11.0. The van der Waals surface area contributed by atoms with E-state index in [0.29, 0.717) is 19.5 Å². The molecule has 1 aliphatic rings. The zero-order valence-electron chi connectivity index (χ0n) is 16.2. The molecule has 1 unspecified atom stereocenters. The molecule has 0 bridgehead atoms. The van der Waals surface area contributed by atoms with Crippen LogP contribution in [0.1, 0.15) is 24.0 Å². The van der Waals surface area contributed by atoms with Crippen LogP contribution in [0, 0.1) is 11.7 Å². The molecule has 4 nitrogen and oxygen atoms in total. The number of nitrogens with one attached hydrogen (secondary N) is 1. The molecule has 0 radical (unpaired) electrons. The van der Waals surface area contributed by atoms with Gasteiger partial charge in [0.2, 0.25) is 5.91 Å². The van der Waals surface area contributed by atoms with Crippen molar-refractivity contribution in [3.63, 3.8) is 0 Å². The van der Waals surface area contributed by atoms with Crippen molar-refractivity contribution in [1.29, 1.82) is 0 Å². The van der Waals surface area contributed by atoms with E-state index in [1.54, 1.807) is 19.2 Å². The number of ether oxygens (including phenoxy) is 1. The highest BCUT2D eigenvalue weighted by Gasteiger charge is 2.26. The van der Waals surface area contributed by atoms with Crippen LogP contribution in [-0.4, -0.2) is 37.6 Å². The number of benzene rings is 2. The largest absolute Gasteiger partial charge is 0.496 e. The first-order valence-corrected chi connectivity index (χ1v) is 9.53. The van der Waals surface area contributed by atoms with Crippen molar-refractivity contribution < 1.29 is 13.9 Å². The quantitative estimate of drug-likeness (QED) is 0.759. The maximum absolute atomic E-state index is 13.2. The summed E-state index contributed by atoms with van der Waals surface area (Å²) in [7, 11) is 1.65. The molecular weight excluding hydrogens is 379 g/mol. The fourth-order valence-electron chi connectivity index (χ4n) is 3.54. The number of carbonyl (C=O) groups is 1. The Kier molecular flexibility index (Phi) is 8.74. The number of hydrogen-bond donors (Lipinski definition) is 1. The fraction of sp³-hybridized carbons (Fsp3) is 0.409. The summed E-state index contributed by atoms with van der Waals surface area (Å²) >= 11 is 0. The molecule has 1 fully saturated rings. The summed E-state index contributed by atoms with van der Waals surface area (Å²) in [4.78, 5) is 15.1. The highest BCUT2D eigenvalue weighted by Crippen LogP contribution is 2.22. The van der Waals surface area contributed by atoms with Crippen molar-refractivity contribution in [3.8, 4) is 5.75 Å². The Morgan fingerprint density at radius 3 is 2.64 bits per heavy atom. The molecule has 28 heavy (non-hydrogen) atoms. The first-order valence-electron chi connectivity index (χ1n) is 9.53. The van der Waals surface area contributed by atoms with E-state index < -0.39 is 0 Å². The number of halogens is 2. The van der Waals surface area contributed by atoms with E-state index in [1.807, 2.05) is 29.2 Å². The molecule has 6 heteroatoms. The fourth-order valence-corrected chi connectivity index (χ4v) is 3.54. The molecule has 0 saturated carbocycles. The molecule has 2 aromatic rings. The summed E-state index contributed by atoms with van der Waals surface area (Å²) in [6.07, 6.45) is 2.64. The molecule has 1 atom stereocenters. The summed E-state index contributed by atoms with van der Waals surface area (Å²) in [6.45, 7) is 2.82. The van der Waals surface area contributed by atoms with E-state index in [0.717, 1.165) is 42.8 Å². The summed E-state index contributed by atoms with van der Waals surface area (Å²) in [5.41, 5.74) is 2.02. The Bertz CT molecular complexity index is 748. The van der Waals surface area contributed by atoms with Crippen LogP contribution in [0.3, 0.4) is 0 Å². The minimum Gasteiger partial charge on any atom is -0.496 e. The van der Waals surface area contributed by atoms with Crippen molar-refractivity contribution in [3.05, 3.63) is 65.5 Å². The van der Waals surface area contributed by atoms with Crippen LogP contribution in [0.25, 0.3) is 0 Å². The van der Waals surface area contributed by atoms with Gasteiger partial charge in [0.1, 0.15) is 11.6 Å². The third-order valence-electron chi connectivity index (χ3n) is 5.10. The standard InChI is InChI=1S/C22H27FN2O2.ClH/c1-27-21-7-3-2-5-19(21)16-25(22(26)18-6-4-13-24-15-18)14-12-17-8-10-20(23)11-9-17;/h2-3,5,7-11,18,24H,4,6,12-16H2,1H3;1H.